The van der Waals surface area contributed by atoms with Gasteiger partial charge in [0.15, 0.2) is 0 Å². The summed E-state index contributed by atoms with van der Waals surface area (Å²) in [6.07, 6.45) is -1.38. The first-order chi connectivity index (χ1) is 18.1. The zero-order chi connectivity index (χ0) is 27.4. The van der Waals surface area contributed by atoms with Crippen molar-refractivity contribution in [3.8, 4) is 11.1 Å². The Morgan fingerprint density at radius 2 is 1.71 bits per heavy atom. The maximum atomic E-state index is 13.2. The van der Waals surface area contributed by atoms with Crippen molar-refractivity contribution in [2.45, 2.75) is 18.6 Å². The second-order valence-corrected chi connectivity index (χ2v) is 8.28. The Kier molecular flexibility index (Phi) is 7.38. The van der Waals surface area contributed by atoms with Crippen LogP contribution in [0.15, 0.2) is 73.1 Å². The molecule has 11 heteroatoms. The Morgan fingerprint density at radius 3 is 2.37 bits per heavy atom. The maximum absolute atomic E-state index is 13.2. The highest BCUT2D eigenvalue weighted by molar-refractivity contribution is 6.07. The largest absolute Gasteiger partial charge is 0.478 e. The number of hydrogen-bond acceptors (Lipinski definition) is 6. The lowest BCUT2D eigenvalue weighted by molar-refractivity contribution is -0.143. The number of nitrogens with one attached hydrogen (secondary N) is 1. The molecule has 0 saturated carbocycles. The molecular weight excluding hydrogens is 503 g/mol. The molecule has 0 fully saturated rings. The number of amides is 1. The summed E-state index contributed by atoms with van der Waals surface area (Å²) >= 11 is 0. The topological polar surface area (TPSA) is 118 Å². The highest BCUT2D eigenvalue weighted by Crippen LogP contribution is 2.33. The number of carbonyl (C=O) groups is 3. The van der Waals surface area contributed by atoms with Crippen molar-refractivity contribution < 1.29 is 37.4 Å². The van der Waals surface area contributed by atoms with Crippen LogP contribution in [0.2, 0.25) is 0 Å². The van der Waals surface area contributed by atoms with Gasteiger partial charge in [0, 0.05) is 24.2 Å². The minimum absolute atomic E-state index is 0.0979. The molecule has 0 aliphatic heterocycles. The standard InChI is InChI=1S/C27H20F3N3O5/c1-38-26(37)23(11-15-7-9-31-10-8-15)33-24(34)22-14-20(25(35)36)19-13-17(5-6-21(19)32-22)16-3-2-4-18(12-16)27(28,29)30/h2-10,12-14,23H,11H2,1H3,(H,33,34)(H,35,36). The summed E-state index contributed by atoms with van der Waals surface area (Å²) in [7, 11) is 1.17. The smallest absolute Gasteiger partial charge is 0.416 e. The number of rotatable bonds is 7. The van der Waals surface area contributed by atoms with E-state index in [4.69, 9.17) is 4.74 Å². The number of aromatic carboxylic acids is 1. The van der Waals surface area contributed by atoms with Gasteiger partial charge in [-0.2, -0.15) is 13.2 Å². The number of carboxylic acids is 1. The molecule has 4 aromatic rings. The average molecular weight is 523 g/mol. The number of halogens is 3. The third kappa shape index (κ3) is 5.77. The minimum atomic E-state index is -4.54. The molecule has 4 rings (SSSR count). The number of hydrogen-bond donors (Lipinski definition) is 2. The number of ether oxygens (including phenoxy) is 1. The molecule has 2 heterocycles. The van der Waals surface area contributed by atoms with Gasteiger partial charge in [0.05, 0.1) is 23.8 Å². The van der Waals surface area contributed by atoms with Gasteiger partial charge >= 0.3 is 18.1 Å². The summed E-state index contributed by atoms with van der Waals surface area (Å²) in [5.41, 5.74) is 0.0314. The molecule has 1 unspecified atom stereocenters. The molecule has 2 aromatic carbocycles. The third-order valence-electron chi connectivity index (χ3n) is 5.78. The SMILES string of the molecule is COC(=O)C(Cc1ccncc1)NC(=O)c1cc(C(=O)O)c2cc(-c3cccc(C(F)(F)F)c3)ccc2n1. The van der Waals surface area contributed by atoms with Crippen molar-refractivity contribution in [1.82, 2.24) is 15.3 Å². The number of fused-ring (bicyclic) bond motifs is 1. The van der Waals surface area contributed by atoms with E-state index < -0.39 is 35.6 Å². The molecule has 0 bridgehead atoms. The van der Waals surface area contributed by atoms with E-state index in [-0.39, 0.29) is 34.1 Å². The number of alkyl halides is 3. The molecule has 2 aromatic heterocycles. The number of esters is 1. The summed E-state index contributed by atoms with van der Waals surface area (Å²) in [5.74, 6) is -2.88. The Hall–Kier alpha value is -4.80. The third-order valence-corrected chi connectivity index (χ3v) is 5.78. The molecule has 0 spiro atoms. The lowest BCUT2D eigenvalue weighted by Gasteiger charge is -2.17. The Bertz CT molecular complexity index is 1520. The Balaban J connectivity index is 1.69. The summed E-state index contributed by atoms with van der Waals surface area (Å²) in [6, 6.07) is 12.3. The van der Waals surface area contributed by atoms with Gasteiger partial charge in [-0.3, -0.25) is 9.78 Å². The first-order valence-electron chi connectivity index (χ1n) is 11.2. The molecule has 38 heavy (non-hydrogen) atoms. The van der Waals surface area contributed by atoms with Crippen molar-refractivity contribution in [2.75, 3.05) is 7.11 Å². The van der Waals surface area contributed by atoms with Crippen LogP contribution in [-0.4, -0.2) is 46.1 Å². The van der Waals surface area contributed by atoms with E-state index in [1.165, 1.54) is 49.8 Å². The van der Waals surface area contributed by atoms with Crippen molar-refractivity contribution in [3.05, 3.63) is 95.4 Å². The van der Waals surface area contributed by atoms with Crippen molar-refractivity contribution in [1.29, 1.82) is 0 Å². The highest BCUT2D eigenvalue weighted by Gasteiger charge is 2.30. The van der Waals surface area contributed by atoms with Crippen LogP contribution in [-0.2, 0) is 22.1 Å². The van der Waals surface area contributed by atoms with Crippen LogP contribution >= 0.6 is 0 Å². The average Bonchev–Trinajstić information content (AvgIpc) is 2.91. The predicted molar refractivity (Wildman–Crippen MR) is 130 cm³/mol. The van der Waals surface area contributed by atoms with Gasteiger partial charge in [-0.25, -0.2) is 14.6 Å². The fourth-order valence-electron chi connectivity index (χ4n) is 3.90. The maximum Gasteiger partial charge on any atom is 0.416 e. The van der Waals surface area contributed by atoms with Gasteiger partial charge < -0.3 is 15.2 Å². The molecule has 194 valence electrons. The Labute approximate surface area is 214 Å². The zero-order valence-electron chi connectivity index (χ0n) is 19.8. The van der Waals surface area contributed by atoms with Crippen LogP contribution in [0.25, 0.3) is 22.0 Å². The first kappa shape index (κ1) is 26.3. The van der Waals surface area contributed by atoms with Gasteiger partial charge in [0.2, 0.25) is 0 Å². The predicted octanol–water partition coefficient (Wildman–Crippen LogP) is 4.53. The molecule has 0 aliphatic carbocycles. The van der Waals surface area contributed by atoms with Crippen LogP contribution in [0.5, 0.6) is 0 Å². The van der Waals surface area contributed by atoms with Gasteiger partial charge in [0.1, 0.15) is 11.7 Å². The molecule has 0 saturated heterocycles. The van der Waals surface area contributed by atoms with E-state index in [0.717, 1.165) is 18.2 Å². The summed E-state index contributed by atoms with van der Waals surface area (Å²) in [6.45, 7) is 0. The Morgan fingerprint density at radius 1 is 1.00 bits per heavy atom. The highest BCUT2D eigenvalue weighted by atomic mass is 19.4. The van der Waals surface area contributed by atoms with Gasteiger partial charge in [-0.05, 0) is 59.2 Å². The van der Waals surface area contributed by atoms with E-state index in [2.05, 4.69) is 15.3 Å². The van der Waals surface area contributed by atoms with Crippen molar-refractivity contribution in [2.24, 2.45) is 0 Å². The van der Waals surface area contributed by atoms with E-state index >= 15 is 0 Å². The number of pyridine rings is 2. The van der Waals surface area contributed by atoms with Crippen LogP contribution < -0.4 is 5.32 Å². The minimum Gasteiger partial charge on any atom is -0.478 e. The first-order valence-corrected chi connectivity index (χ1v) is 11.2. The monoisotopic (exact) mass is 523 g/mol. The van der Waals surface area contributed by atoms with Crippen molar-refractivity contribution in [3.63, 3.8) is 0 Å². The molecule has 8 nitrogen and oxygen atoms in total. The van der Waals surface area contributed by atoms with Crippen LogP contribution in [0.1, 0.15) is 32.0 Å². The lowest BCUT2D eigenvalue weighted by atomic mass is 9.98. The number of benzene rings is 2. The number of aromatic nitrogens is 2. The second-order valence-electron chi connectivity index (χ2n) is 8.28. The molecule has 0 aliphatic rings. The fraction of sp³-hybridized carbons (Fsp3) is 0.148. The van der Waals surface area contributed by atoms with Crippen LogP contribution in [0.4, 0.5) is 13.2 Å². The zero-order valence-corrected chi connectivity index (χ0v) is 19.8. The molecular formula is C27H20F3N3O5. The van der Waals surface area contributed by atoms with Gasteiger partial charge in [0.25, 0.3) is 5.91 Å². The van der Waals surface area contributed by atoms with Crippen LogP contribution in [0.3, 0.4) is 0 Å². The van der Waals surface area contributed by atoms with Gasteiger partial charge in [-0.1, -0.05) is 18.2 Å². The number of methoxy groups -OCH3 is 1. The van der Waals surface area contributed by atoms with Gasteiger partial charge in [-0.15, -0.1) is 0 Å². The number of nitrogens with zero attached hydrogens (tertiary/aromatic N) is 2. The quantitative estimate of drug-likeness (QED) is 0.342. The summed E-state index contributed by atoms with van der Waals surface area (Å²) < 4.78 is 44.2. The molecule has 1 amide bonds. The van der Waals surface area contributed by atoms with E-state index in [1.54, 1.807) is 12.1 Å². The number of carboxylic acid groups (broad SMARTS) is 1. The molecule has 2 N–H and O–H groups in total. The van der Waals surface area contributed by atoms with Crippen LogP contribution in [0, 0.1) is 0 Å². The second kappa shape index (κ2) is 10.7. The summed E-state index contributed by atoms with van der Waals surface area (Å²) in [5, 5.41) is 12.5. The number of carbonyl (C=O) groups excluding carboxylic acids is 2. The lowest BCUT2D eigenvalue weighted by Crippen LogP contribution is -2.43. The van der Waals surface area contributed by atoms with E-state index in [9.17, 15) is 32.7 Å². The molecule has 0 radical (unpaired) electrons. The fourth-order valence-corrected chi connectivity index (χ4v) is 3.90. The van der Waals surface area contributed by atoms with E-state index in [0.29, 0.717) is 11.1 Å². The van der Waals surface area contributed by atoms with Crippen molar-refractivity contribution >= 4 is 28.7 Å². The van der Waals surface area contributed by atoms with E-state index in [1.807, 2.05) is 0 Å². The summed E-state index contributed by atoms with van der Waals surface area (Å²) in [4.78, 5) is 45.5. The molecule has 1 atom stereocenters. The normalized spacial score (nSPS) is 12.1.